The maximum absolute atomic E-state index is 12.6. The summed E-state index contributed by atoms with van der Waals surface area (Å²) in [6, 6.07) is 0. The molecule has 6 N–H and O–H groups in total. The van der Waals surface area contributed by atoms with Crippen LogP contribution in [0.5, 0.6) is 0 Å². The van der Waals surface area contributed by atoms with Crippen LogP contribution in [-0.4, -0.2) is 97.3 Å². The molecular formula is C20H26O10. The maximum atomic E-state index is 12.6. The van der Waals surface area contributed by atoms with Crippen LogP contribution in [0.3, 0.4) is 0 Å². The molecule has 4 fully saturated rings. The summed E-state index contributed by atoms with van der Waals surface area (Å²) < 4.78 is 11.2. The number of hydrogen-bond donors (Lipinski definition) is 6. The molecule has 2 aliphatic heterocycles. The molecule has 10 heteroatoms. The first-order chi connectivity index (χ1) is 13.9. The summed E-state index contributed by atoms with van der Waals surface area (Å²) in [4.78, 5) is 25.1. The van der Waals surface area contributed by atoms with Crippen molar-refractivity contribution in [2.24, 2.45) is 22.7 Å². The number of esters is 1. The van der Waals surface area contributed by atoms with Crippen molar-refractivity contribution in [3.8, 4) is 0 Å². The number of carbonyl (C=O) groups is 2. The van der Waals surface area contributed by atoms with Crippen molar-refractivity contribution in [2.45, 2.75) is 62.0 Å². The van der Waals surface area contributed by atoms with E-state index in [9.17, 15) is 40.2 Å². The van der Waals surface area contributed by atoms with Crippen molar-refractivity contribution in [2.75, 3.05) is 13.2 Å². The molecule has 1 spiro atoms. The van der Waals surface area contributed by atoms with Gasteiger partial charge in [0.15, 0.2) is 17.5 Å². The second kappa shape index (κ2) is 5.69. The number of fused-ring (bicyclic) bond motifs is 2. The zero-order chi connectivity index (χ0) is 22.0. The van der Waals surface area contributed by atoms with Gasteiger partial charge in [0, 0.05) is 11.3 Å². The van der Waals surface area contributed by atoms with Gasteiger partial charge in [-0.3, -0.25) is 4.79 Å². The topological polar surface area (TPSA) is 174 Å². The molecule has 30 heavy (non-hydrogen) atoms. The Labute approximate surface area is 171 Å². The summed E-state index contributed by atoms with van der Waals surface area (Å²) in [5, 5.41) is 66.0. The van der Waals surface area contributed by atoms with E-state index < -0.39 is 82.7 Å². The van der Waals surface area contributed by atoms with E-state index in [4.69, 9.17) is 9.47 Å². The van der Waals surface area contributed by atoms with Crippen molar-refractivity contribution in [3.63, 3.8) is 0 Å². The standard InChI is InChI=1S/C20H26O10/c1-7-3-9(22)13(24)17(2)8(7)4-10-18-6-29-19(5-21,14(25)11(23)12(17)18)20(18,28)15(26)16(27)30-10/h3,8,10-15,21,23-26,28H,4-6H2,1-2H3/t8-,10+,11?,12+,13?,14?,15?,17-,18+,19+,20-/m0/s1. The van der Waals surface area contributed by atoms with E-state index in [1.165, 1.54) is 6.08 Å². The number of aliphatic hydroxyl groups is 6. The Balaban J connectivity index is 1.83. The Hall–Kier alpha value is -1.40. The van der Waals surface area contributed by atoms with E-state index in [2.05, 4.69) is 0 Å². The van der Waals surface area contributed by atoms with Crippen LogP contribution in [0.15, 0.2) is 11.6 Å². The minimum Gasteiger partial charge on any atom is -0.460 e. The van der Waals surface area contributed by atoms with Crippen LogP contribution in [0.2, 0.25) is 0 Å². The highest BCUT2D eigenvalue weighted by atomic mass is 16.6. The Bertz CT molecular complexity index is 872. The molecule has 5 aliphatic rings. The third-order valence-electron chi connectivity index (χ3n) is 8.96. The predicted octanol–water partition coefficient (Wildman–Crippen LogP) is -2.98. The summed E-state index contributed by atoms with van der Waals surface area (Å²) in [5.41, 5.74) is -7.15. The van der Waals surface area contributed by atoms with Crippen LogP contribution in [0.4, 0.5) is 0 Å². The molecule has 0 amide bonds. The van der Waals surface area contributed by atoms with Crippen LogP contribution in [0.1, 0.15) is 20.3 Å². The van der Waals surface area contributed by atoms with Gasteiger partial charge in [-0.1, -0.05) is 12.5 Å². The van der Waals surface area contributed by atoms with E-state index in [0.717, 1.165) is 0 Å². The van der Waals surface area contributed by atoms with Crippen molar-refractivity contribution in [1.82, 2.24) is 0 Å². The molecule has 2 heterocycles. The molecule has 0 aromatic carbocycles. The molecule has 2 bridgehead atoms. The Kier molecular flexibility index (Phi) is 3.89. The van der Waals surface area contributed by atoms with Crippen molar-refractivity contribution >= 4 is 11.8 Å². The number of ether oxygens (including phenoxy) is 2. The Morgan fingerprint density at radius 3 is 2.47 bits per heavy atom. The minimum atomic E-state index is -2.51. The molecule has 2 saturated carbocycles. The number of ketones is 1. The van der Waals surface area contributed by atoms with Gasteiger partial charge in [0.2, 0.25) is 0 Å². The highest BCUT2D eigenvalue weighted by molar-refractivity contribution is 5.96. The zero-order valence-corrected chi connectivity index (χ0v) is 16.6. The first-order valence-electron chi connectivity index (χ1n) is 10.1. The zero-order valence-electron chi connectivity index (χ0n) is 16.6. The van der Waals surface area contributed by atoms with Crippen LogP contribution in [-0.2, 0) is 19.1 Å². The average molecular weight is 426 g/mol. The second-order valence-corrected chi connectivity index (χ2v) is 9.73. The molecule has 4 unspecified atom stereocenters. The minimum absolute atomic E-state index is 0.105. The lowest BCUT2D eigenvalue weighted by molar-refractivity contribution is -0.357. The van der Waals surface area contributed by atoms with Gasteiger partial charge in [-0.25, -0.2) is 4.79 Å². The van der Waals surface area contributed by atoms with Gasteiger partial charge < -0.3 is 40.1 Å². The van der Waals surface area contributed by atoms with Crippen LogP contribution in [0.25, 0.3) is 0 Å². The summed E-state index contributed by atoms with van der Waals surface area (Å²) in [5.74, 6) is -3.40. The van der Waals surface area contributed by atoms with Gasteiger partial charge in [0.25, 0.3) is 0 Å². The SMILES string of the molecule is CC1=CC(=O)C(O)[C@]2(C)[C@H]3C(O)C(O)[C@@]4(CO)OC[C@@]35[C@@H](C[C@@H]12)OC(=O)C(O)[C@]54O. The molecule has 3 aliphatic carbocycles. The Morgan fingerprint density at radius 2 is 1.83 bits per heavy atom. The largest absolute Gasteiger partial charge is 0.460 e. The van der Waals surface area contributed by atoms with Crippen LogP contribution in [0, 0.1) is 22.7 Å². The lowest BCUT2D eigenvalue weighted by atomic mass is 9.36. The van der Waals surface area contributed by atoms with Gasteiger partial charge in [0.05, 0.1) is 24.7 Å². The lowest BCUT2D eigenvalue weighted by Crippen LogP contribution is -2.87. The Morgan fingerprint density at radius 1 is 1.17 bits per heavy atom. The van der Waals surface area contributed by atoms with Gasteiger partial charge in [0.1, 0.15) is 23.9 Å². The third-order valence-corrected chi connectivity index (χ3v) is 8.96. The summed E-state index contributed by atoms with van der Waals surface area (Å²) in [7, 11) is 0. The lowest BCUT2D eigenvalue weighted by Gasteiger charge is -2.70. The fraction of sp³-hybridized carbons (Fsp3) is 0.800. The highest BCUT2D eigenvalue weighted by Gasteiger charge is 2.89. The molecule has 11 atom stereocenters. The van der Waals surface area contributed by atoms with Crippen molar-refractivity contribution < 1.29 is 49.7 Å². The molecule has 0 radical (unpaired) electrons. The first-order valence-corrected chi connectivity index (χ1v) is 10.1. The fourth-order valence-electron chi connectivity index (χ4n) is 7.64. The van der Waals surface area contributed by atoms with Gasteiger partial charge >= 0.3 is 5.97 Å². The third kappa shape index (κ3) is 1.72. The highest BCUT2D eigenvalue weighted by Crippen LogP contribution is 2.73. The van der Waals surface area contributed by atoms with Crippen molar-refractivity contribution in [3.05, 3.63) is 11.6 Å². The average Bonchev–Trinajstić information content (AvgIpc) is 2.91. The van der Waals surface area contributed by atoms with E-state index >= 15 is 0 Å². The summed E-state index contributed by atoms with van der Waals surface area (Å²) in [6.45, 7) is 1.96. The van der Waals surface area contributed by atoms with Crippen molar-refractivity contribution in [1.29, 1.82) is 0 Å². The smallest absolute Gasteiger partial charge is 0.338 e. The quantitative estimate of drug-likeness (QED) is 0.237. The van der Waals surface area contributed by atoms with Crippen LogP contribution >= 0.6 is 0 Å². The summed E-state index contributed by atoms with van der Waals surface area (Å²) in [6.07, 6.45) is -6.90. The van der Waals surface area contributed by atoms with Gasteiger partial charge in [-0.05, 0) is 25.3 Å². The molecule has 5 rings (SSSR count). The van der Waals surface area contributed by atoms with E-state index in [-0.39, 0.29) is 13.0 Å². The maximum Gasteiger partial charge on any atom is 0.338 e. The number of aliphatic hydroxyl groups excluding tert-OH is 5. The molecule has 166 valence electrons. The number of hydrogen-bond acceptors (Lipinski definition) is 10. The van der Waals surface area contributed by atoms with E-state index in [0.29, 0.717) is 5.57 Å². The fourth-order valence-corrected chi connectivity index (χ4v) is 7.64. The second-order valence-electron chi connectivity index (χ2n) is 9.73. The van der Waals surface area contributed by atoms with Crippen LogP contribution < -0.4 is 0 Å². The molecule has 10 nitrogen and oxygen atoms in total. The normalized spacial score (nSPS) is 59.2. The molecule has 0 aromatic rings. The number of allylic oxidation sites excluding steroid dienone is 1. The van der Waals surface area contributed by atoms with E-state index in [1.54, 1.807) is 13.8 Å². The van der Waals surface area contributed by atoms with E-state index in [1.807, 2.05) is 0 Å². The first kappa shape index (κ1) is 20.5. The number of carbonyl (C=O) groups excluding carboxylic acids is 2. The molecular weight excluding hydrogens is 400 g/mol. The monoisotopic (exact) mass is 426 g/mol. The number of rotatable bonds is 1. The summed E-state index contributed by atoms with van der Waals surface area (Å²) >= 11 is 0. The predicted molar refractivity (Wildman–Crippen MR) is 95.5 cm³/mol. The van der Waals surface area contributed by atoms with Gasteiger partial charge in [-0.15, -0.1) is 0 Å². The van der Waals surface area contributed by atoms with Gasteiger partial charge in [-0.2, -0.15) is 0 Å². The molecule has 2 saturated heterocycles. The molecule has 0 aromatic heterocycles.